The smallest absolute Gasteiger partial charge is 0.870 e. The molecule has 6 aromatic rings. The molecule has 0 bridgehead atoms. The normalized spacial score (nSPS) is 17.3. The van der Waals surface area contributed by atoms with Gasteiger partial charge in [0.1, 0.15) is 41.7 Å². The van der Waals surface area contributed by atoms with Crippen LogP contribution in [0.5, 0.6) is 0 Å². The zero-order valence-electron chi connectivity index (χ0n) is 47.4. The van der Waals surface area contributed by atoms with Gasteiger partial charge in [0.15, 0.2) is 0 Å². The number of nitrogens with one attached hydrogen (secondary N) is 2. The number of nitrogens with two attached hydrogens (primary N) is 1. The van der Waals surface area contributed by atoms with Crippen LogP contribution in [0.1, 0.15) is 145 Å². The molecular formula is C56H78ClF4N12NaO7. The topological polar surface area (TPSA) is 298 Å². The number of oxime groups is 1. The van der Waals surface area contributed by atoms with Crippen molar-refractivity contribution < 1.29 is 83.1 Å². The molecule has 0 saturated heterocycles. The van der Waals surface area contributed by atoms with Gasteiger partial charge in [-0.3, -0.25) is 4.79 Å². The molecule has 19 nitrogen and oxygen atoms in total. The number of rotatable bonds is 16. The molecule has 0 radical (unpaired) electrons. The van der Waals surface area contributed by atoms with Crippen LogP contribution in [0.4, 0.5) is 17.6 Å². The monoisotopic (exact) mass is 1160 g/mol. The van der Waals surface area contributed by atoms with Crippen LogP contribution in [0.25, 0.3) is 0 Å². The molecule has 4 unspecified atom stereocenters. The summed E-state index contributed by atoms with van der Waals surface area (Å²) >= 11 is 0. The molecule has 2 heterocycles. The minimum atomic E-state index is -0.972. The fourth-order valence-corrected chi connectivity index (χ4v) is 9.99. The van der Waals surface area contributed by atoms with E-state index in [0.29, 0.717) is 62.5 Å². The van der Waals surface area contributed by atoms with E-state index in [4.69, 9.17) is 10.3 Å². The molecule has 81 heavy (non-hydrogen) atoms. The average molecular weight is 1170 g/mol. The standard InChI is InChI=1S/C27H34F2N6O2.C27H33F2N5O2.C2H6O.ClH.H3NO.Na.H2O/c1-26(2,3)19-5-4-6-20(14-19)27(9-7-23(32-37)8-10-27)30-16-25(36)24(35-17-31-33-34-35)13-18-11-21(28)15-22(29)12-18;1-26(2,3)19-5-4-6-20(14-19)27(9-7-23(35)8-10-27)30-16-25(36)24(34-17-31-32-33-34)13-18-11-21(28)15-22(29)12-18;1-2-3;;1-2;;/h4-6,11-12,14-15,17,24-25,30,36-37H,7-10,13,16H2,1-3H3;4-6,11-12,14-15,17,24-25,30,36H,7-10,13,16H2,1-3H3;3H,2H2,1H3;1H;2H,1H2;;1H2/q;;;;;+1;/p-1. The number of carbonyl (C=O) groups excluding carboxylic acids is 1. The van der Waals surface area contributed by atoms with Crippen LogP contribution in [-0.4, -0.2) is 115 Å². The second kappa shape index (κ2) is 33.2. The van der Waals surface area contributed by atoms with E-state index in [2.05, 4.69) is 131 Å². The fourth-order valence-electron chi connectivity index (χ4n) is 9.99. The Balaban J connectivity index is 0.000000496. The average Bonchev–Trinajstić information content (AvgIpc) is 4.16. The summed E-state index contributed by atoms with van der Waals surface area (Å²) in [5.74, 6) is 1.01. The van der Waals surface area contributed by atoms with Crippen LogP contribution in [0, 0.1) is 23.3 Å². The number of aromatic nitrogens is 8. The van der Waals surface area contributed by atoms with E-state index in [9.17, 15) is 37.8 Å². The maximum Gasteiger partial charge on any atom is 1.00 e. The Morgan fingerprint density at radius 1 is 0.642 bits per heavy atom. The van der Waals surface area contributed by atoms with Crippen molar-refractivity contribution in [3.05, 3.63) is 154 Å². The Labute approximate surface area is 499 Å². The first kappa shape index (κ1) is 72.0. The zero-order valence-corrected chi connectivity index (χ0v) is 50.2. The van der Waals surface area contributed by atoms with Gasteiger partial charge in [0.2, 0.25) is 0 Å². The van der Waals surface area contributed by atoms with E-state index >= 15 is 0 Å². The molecule has 2 aliphatic carbocycles. The largest absolute Gasteiger partial charge is 1.00 e. The summed E-state index contributed by atoms with van der Waals surface area (Å²) in [6, 6.07) is 22.1. The van der Waals surface area contributed by atoms with Crippen molar-refractivity contribution >= 4 is 23.9 Å². The van der Waals surface area contributed by atoms with E-state index < -0.39 is 58.6 Å². The molecule has 10 N–H and O–H groups in total. The van der Waals surface area contributed by atoms with Crippen LogP contribution in [-0.2, 0) is 39.5 Å². The van der Waals surface area contributed by atoms with E-state index in [-0.39, 0.29) is 96.6 Å². The van der Waals surface area contributed by atoms with E-state index in [1.165, 1.54) is 57.4 Å². The Bertz CT molecular complexity index is 2790. The molecule has 2 saturated carbocycles. The molecule has 0 spiro atoms. The number of Topliss-reactive ketones (excluding diaryl/α,β-unsaturated/α-hetero) is 1. The number of carbonyl (C=O) groups is 1. The van der Waals surface area contributed by atoms with Crippen molar-refractivity contribution in [3.63, 3.8) is 0 Å². The molecule has 8 rings (SSSR count). The predicted octanol–water partition coefficient (Wildman–Crippen LogP) is 4.89. The SMILES string of the molecule is CC(C)(C)c1cccc(C2(NCC(O)C(Cc3cc(F)cc(F)c3)n3cnnn3)CCC(=NO)CC2)c1.CC(C)(C)c1cccc(C2(NCC(O)C(Cc3cc(F)cc(F)c3)n3cnnn3)CCC(=O)CC2)c1.CCO.Cl.NO.[Na+].[OH-]. The van der Waals surface area contributed by atoms with Gasteiger partial charge in [0.05, 0.1) is 30.0 Å². The van der Waals surface area contributed by atoms with Crippen LogP contribution >= 0.6 is 12.4 Å². The van der Waals surface area contributed by atoms with Crippen LogP contribution in [0.15, 0.2) is 103 Å². The summed E-state index contributed by atoms with van der Waals surface area (Å²) in [6.07, 6.45) is 5.89. The summed E-state index contributed by atoms with van der Waals surface area (Å²) in [5.41, 5.74) is 5.13. The van der Waals surface area contributed by atoms with Crippen molar-refractivity contribution in [3.8, 4) is 0 Å². The third-order valence-corrected chi connectivity index (χ3v) is 14.4. The van der Waals surface area contributed by atoms with Gasteiger partial charge < -0.3 is 41.8 Å². The number of aliphatic hydroxyl groups is 3. The maximum atomic E-state index is 13.8. The minimum Gasteiger partial charge on any atom is -0.870 e. The van der Waals surface area contributed by atoms with E-state index in [1.54, 1.807) is 6.92 Å². The van der Waals surface area contributed by atoms with Gasteiger partial charge in [-0.05, 0) is 148 Å². The first-order chi connectivity index (χ1) is 37.1. The van der Waals surface area contributed by atoms with Crippen molar-refractivity contribution in [2.45, 2.75) is 159 Å². The van der Waals surface area contributed by atoms with Crippen LogP contribution in [0.2, 0.25) is 0 Å². The van der Waals surface area contributed by atoms with Gasteiger partial charge in [0, 0.05) is 55.7 Å². The number of benzene rings is 4. The predicted molar refractivity (Wildman–Crippen MR) is 295 cm³/mol. The molecule has 2 fully saturated rings. The van der Waals surface area contributed by atoms with Crippen molar-refractivity contribution in [1.29, 1.82) is 0 Å². The number of ketones is 1. The Morgan fingerprint density at radius 2 is 0.988 bits per heavy atom. The molecular weight excluding hydrogens is 1090 g/mol. The number of nitrogens with zero attached hydrogens (tertiary/aromatic N) is 9. The summed E-state index contributed by atoms with van der Waals surface area (Å²) in [7, 11) is 0. The quantitative estimate of drug-likeness (QED) is 0.0277. The van der Waals surface area contributed by atoms with Gasteiger partial charge in [0.25, 0.3) is 0 Å². The molecule has 25 heteroatoms. The van der Waals surface area contributed by atoms with Crippen LogP contribution in [0.3, 0.4) is 0 Å². The second-order valence-electron chi connectivity index (χ2n) is 21.9. The summed E-state index contributed by atoms with van der Waals surface area (Å²) in [6.45, 7) is 15.3. The first-order valence-electron chi connectivity index (χ1n) is 26.1. The fraction of sp³-hybridized carbons (Fsp3) is 0.500. The van der Waals surface area contributed by atoms with Crippen LogP contribution < -0.4 is 46.1 Å². The van der Waals surface area contributed by atoms with E-state index in [0.717, 1.165) is 29.0 Å². The molecule has 2 aromatic heterocycles. The van der Waals surface area contributed by atoms with Gasteiger partial charge >= 0.3 is 29.6 Å². The first-order valence-corrected chi connectivity index (χ1v) is 26.1. The summed E-state index contributed by atoms with van der Waals surface area (Å²) in [5, 5.41) is 79.2. The minimum absolute atomic E-state index is 0. The third-order valence-electron chi connectivity index (χ3n) is 14.4. The Kier molecular flexibility index (Phi) is 29.5. The second-order valence-corrected chi connectivity index (χ2v) is 21.9. The van der Waals surface area contributed by atoms with Crippen molar-refractivity contribution in [1.82, 2.24) is 51.0 Å². The molecule has 4 atom stereocenters. The number of aliphatic hydroxyl groups excluding tert-OH is 3. The third kappa shape index (κ3) is 20.6. The Morgan fingerprint density at radius 3 is 1.30 bits per heavy atom. The van der Waals surface area contributed by atoms with Gasteiger partial charge in [-0.15, -0.1) is 22.6 Å². The summed E-state index contributed by atoms with van der Waals surface area (Å²) in [4.78, 5) is 12.1. The zero-order chi connectivity index (χ0) is 57.3. The maximum absolute atomic E-state index is 13.8. The number of hydrogen-bond donors (Lipinski definition) is 8. The van der Waals surface area contributed by atoms with Gasteiger partial charge in [-0.25, -0.2) is 32.8 Å². The molecule has 0 amide bonds. The molecule has 440 valence electrons. The molecule has 2 aliphatic rings. The van der Waals surface area contributed by atoms with E-state index in [1.807, 2.05) is 12.1 Å². The van der Waals surface area contributed by atoms with Crippen molar-refractivity contribution in [2.24, 2.45) is 11.1 Å². The summed E-state index contributed by atoms with van der Waals surface area (Å²) < 4.78 is 58.1. The number of tetrazole rings is 2. The van der Waals surface area contributed by atoms with Gasteiger partial charge in [-0.2, -0.15) is 0 Å². The van der Waals surface area contributed by atoms with Gasteiger partial charge in [-0.1, -0.05) is 95.2 Å². The Hall–Kier alpha value is -5.15. The number of halogens is 5. The molecule has 4 aromatic carbocycles. The number of hydrogen-bond acceptors (Lipinski definition) is 17. The van der Waals surface area contributed by atoms with Crippen molar-refractivity contribution in [2.75, 3.05) is 19.7 Å². The molecule has 0 aliphatic heterocycles.